The molecule has 2 amide bonds. The third kappa shape index (κ3) is 4.74. The molecule has 1 aliphatic heterocycles. The third-order valence-electron chi connectivity index (χ3n) is 4.31. The molecule has 0 atom stereocenters. The van der Waals surface area contributed by atoms with Crippen molar-refractivity contribution < 1.29 is 18.7 Å². The molecule has 4 rings (SSSR count). The molecule has 1 fully saturated rings. The highest BCUT2D eigenvalue weighted by Gasteiger charge is 2.35. The second-order valence-electron chi connectivity index (χ2n) is 6.32. The van der Waals surface area contributed by atoms with Crippen molar-refractivity contribution in [2.45, 2.75) is 0 Å². The standard InChI is InChI=1S/C22H15ClINO4S/c23-17-3-1-2-4-19(17)28-12-11-25-21(26)20(30-22(25)27)13-16-9-10-18(29-16)14-5-7-15(24)8-6-14/h1-10,13H,11-12H2/b20-13-. The Kier molecular flexibility index (Phi) is 6.50. The number of furan rings is 1. The Balaban J connectivity index is 1.41. The first-order valence-corrected chi connectivity index (χ1v) is 11.3. The van der Waals surface area contributed by atoms with Crippen LogP contribution in [0.3, 0.4) is 0 Å². The Labute approximate surface area is 196 Å². The highest BCUT2D eigenvalue weighted by atomic mass is 127. The minimum Gasteiger partial charge on any atom is -0.490 e. The number of amides is 2. The van der Waals surface area contributed by atoms with E-state index in [2.05, 4.69) is 22.6 Å². The van der Waals surface area contributed by atoms with Gasteiger partial charge in [0, 0.05) is 15.2 Å². The molecule has 0 bridgehead atoms. The minimum absolute atomic E-state index is 0.138. The maximum Gasteiger partial charge on any atom is 0.293 e. The molecule has 2 heterocycles. The van der Waals surface area contributed by atoms with Gasteiger partial charge in [-0.25, -0.2) is 0 Å². The van der Waals surface area contributed by atoms with E-state index in [9.17, 15) is 9.59 Å². The fraction of sp³-hybridized carbons (Fsp3) is 0.0909. The Morgan fingerprint density at radius 2 is 1.83 bits per heavy atom. The first kappa shape index (κ1) is 21.0. The summed E-state index contributed by atoms with van der Waals surface area (Å²) in [5, 5.41) is 0.145. The number of carbonyl (C=O) groups is 2. The lowest BCUT2D eigenvalue weighted by atomic mass is 10.2. The second kappa shape index (κ2) is 9.28. The number of benzene rings is 2. The average Bonchev–Trinajstić information content (AvgIpc) is 3.30. The van der Waals surface area contributed by atoms with Crippen LogP contribution in [0.2, 0.25) is 5.02 Å². The molecule has 0 unspecified atom stereocenters. The van der Waals surface area contributed by atoms with E-state index in [1.54, 1.807) is 36.4 Å². The number of thioether (sulfide) groups is 1. The lowest BCUT2D eigenvalue weighted by Crippen LogP contribution is -2.32. The van der Waals surface area contributed by atoms with Crippen molar-refractivity contribution in [3.8, 4) is 17.1 Å². The highest BCUT2D eigenvalue weighted by Crippen LogP contribution is 2.33. The van der Waals surface area contributed by atoms with Gasteiger partial charge < -0.3 is 9.15 Å². The molecule has 1 aromatic heterocycles. The topological polar surface area (TPSA) is 59.8 Å². The predicted octanol–water partition coefficient (Wildman–Crippen LogP) is 6.32. The first-order valence-electron chi connectivity index (χ1n) is 9.00. The van der Waals surface area contributed by atoms with Crippen LogP contribution in [0.25, 0.3) is 17.4 Å². The fourth-order valence-corrected chi connectivity index (χ4v) is 4.23. The van der Waals surface area contributed by atoms with Gasteiger partial charge in [-0.3, -0.25) is 14.5 Å². The Morgan fingerprint density at radius 1 is 1.07 bits per heavy atom. The van der Waals surface area contributed by atoms with Crippen LogP contribution in [0.15, 0.2) is 70.0 Å². The van der Waals surface area contributed by atoms with Gasteiger partial charge in [0.2, 0.25) is 0 Å². The maximum absolute atomic E-state index is 12.6. The quantitative estimate of drug-likeness (QED) is 0.265. The van der Waals surface area contributed by atoms with E-state index < -0.39 is 0 Å². The normalized spacial score (nSPS) is 15.3. The number of halogens is 2. The number of rotatable bonds is 6. The van der Waals surface area contributed by atoms with E-state index in [-0.39, 0.29) is 24.3 Å². The summed E-state index contributed by atoms with van der Waals surface area (Å²) >= 11 is 9.18. The number of carbonyl (C=O) groups excluding carboxylic acids is 2. The number of nitrogens with zero attached hydrogens (tertiary/aromatic N) is 1. The Bertz CT molecular complexity index is 1130. The molecule has 0 aliphatic carbocycles. The molecular formula is C22H15ClINO4S. The molecule has 0 saturated carbocycles. The van der Waals surface area contributed by atoms with E-state index in [0.29, 0.717) is 27.2 Å². The fourth-order valence-electron chi connectivity index (χ4n) is 2.83. The van der Waals surface area contributed by atoms with Gasteiger partial charge in [-0.15, -0.1) is 0 Å². The van der Waals surface area contributed by atoms with Gasteiger partial charge >= 0.3 is 0 Å². The molecule has 3 aromatic rings. The third-order valence-corrected chi connectivity index (χ3v) is 6.25. The van der Waals surface area contributed by atoms with Crippen LogP contribution in [0, 0.1) is 3.57 Å². The zero-order valence-electron chi connectivity index (χ0n) is 15.5. The van der Waals surface area contributed by atoms with Gasteiger partial charge in [0.05, 0.1) is 16.5 Å². The molecule has 152 valence electrons. The number of hydrogen-bond donors (Lipinski definition) is 0. The van der Waals surface area contributed by atoms with Crippen LogP contribution in [0.5, 0.6) is 5.75 Å². The van der Waals surface area contributed by atoms with Crippen LogP contribution in [-0.4, -0.2) is 29.2 Å². The molecule has 0 radical (unpaired) electrons. The SMILES string of the molecule is O=C1S/C(=C\c2ccc(-c3ccc(I)cc3)o2)C(=O)N1CCOc1ccccc1Cl. The van der Waals surface area contributed by atoms with Crippen molar-refractivity contribution in [3.63, 3.8) is 0 Å². The molecule has 1 saturated heterocycles. The van der Waals surface area contributed by atoms with E-state index in [0.717, 1.165) is 25.8 Å². The second-order valence-corrected chi connectivity index (χ2v) is 8.97. The van der Waals surface area contributed by atoms with E-state index in [4.69, 9.17) is 20.8 Å². The maximum atomic E-state index is 12.6. The van der Waals surface area contributed by atoms with Gasteiger partial charge in [-0.1, -0.05) is 35.9 Å². The van der Waals surface area contributed by atoms with Crippen LogP contribution in [-0.2, 0) is 4.79 Å². The summed E-state index contributed by atoms with van der Waals surface area (Å²) < 4.78 is 12.5. The van der Waals surface area contributed by atoms with Gasteiger partial charge in [0.25, 0.3) is 11.1 Å². The summed E-state index contributed by atoms with van der Waals surface area (Å²) in [6.45, 7) is 0.298. The average molecular weight is 552 g/mol. The highest BCUT2D eigenvalue weighted by molar-refractivity contribution is 14.1. The molecule has 2 aromatic carbocycles. The van der Waals surface area contributed by atoms with Crippen molar-refractivity contribution >= 4 is 63.2 Å². The van der Waals surface area contributed by atoms with E-state index in [1.165, 1.54) is 0 Å². The number of ether oxygens (including phenoxy) is 1. The summed E-state index contributed by atoms with van der Waals surface area (Å²) in [5.41, 5.74) is 0.944. The van der Waals surface area contributed by atoms with Crippen LogP contribution >= 0.6 is 46.0 Å². The lowest BCUT2D eigenvalue weighted by molar-refractivity contribution is -0.123. The molecule has 0 spiro atoms. The van der Waals surface area contributed by atoms with Gasteiger partial charge in [-0.05, 0) is 70.8 Å². The summed E-state index contributed by atoms with van der Waals surface area (Å²) in [5.74, 6) is 1.37. The van der Waals surface area contributed by atoms with Crippen LogP contribution in [0.1, 0.15) is 5.76 Å². The van der Waals surface area contributed by atoms with Gasteiger partial charge in [0.1, 0.15) is 23.9 Å². The van der Waals surface area contributed by atoms with Crippen LogP contribution < -0.4 is 4.74 Å². The molecule has 0 N–H and O–H groups in total. The Morgan fingerprint density at radius 3 is 2.60 bits per heavy atom. The smallest absolute Gasteiger partial charge is 0.293 e. The molecule has 30 heavy (non-hydrogen) atoms. The van der Waals surface area contributed by atoms with Crippen molar-refractivity contribution in [1.29, 1.82) is 0 Å². The predicted molar refractivity (Wildman–Crippen MR) is 126 cm³/mol. The largest absolute Gasteiger partial charge is 0.490 e. The number of para-hydroxylation sites is 1. The minimum atomic E-state index is -0.361. The number of imide groups is 1. The molecule has 1 aliphatic rings. The van der Waals surface area contributed by atoms with E-state index >= 15 is 0 Å². The molecular weight excluding hydrogens is 537 g/mol. The van der Waals surface area contributed by atoms with Crippen LogP contribution in [0.4, 0.5) is 4.79 Å². The molecule has 8 heteroatoms. The van der Waals surface area contributed by atoms with Crippen molar-refractivity contribution in [3.05, 3.63) is 79.9 Å². The first-order chi connectivity index (χ1) is 14.5. The lowest BCUT2D eigenvalue weighted by Gasteiger charge is -2.13. The summed E-state index contributed by atoms with van der Waals surface area (Å²) in [6.07, 6.45) is 1.59. The zero-order chi connectivity index (χ0) is 21.1. The summed E-state index contributed by atoms with van der Waals surface area (Å²) in [6, 6.07) is 18.6. The zero-order valence-corrected chi connectivity index (χ0v) is 19.2. The van der Waals surface area contributed by atoms with Crippen molar-refractivity contribution in [1.82, 2.24) is 4.90 Å². The van der Waals surface area contributed by atoms with Crippen molar-refractivity contribution in [2.24, 2.45) is 0 Å². The Hall–Kier alpha value is -2.23. The van der Waals surface area contributed by atoms with Gasteiger partial charge in [-0.2, -0.15) is 0 Å². The monoisotopic (exact) mass is 551 g/mol. The molecule has 5 nitrogen and oxygen atoms in total. The summed E-state index contributed by atoms with van der Waals surface area (Å²) in [7, 11) is 0. The van der Waals surface area contributed by atoms with Gasteiger partial charge in [0.15, 0.2) is 0 Å². The van der Waals surface area contributed by atoms with E-state index in [1.807, 2.05) is 30.3 Å². The number of hydrogen-bond acceptors (Lipinski definition) is 5. The van der Waals surface area contributed by atoms with Crippen molar-refractivity contribution in [2.75, 3.05) is 13.2 Å². The summed E-state index contributed by atoms with van der Waals surface area (Å²) in [4.78, 5) is 26.4.